The van der Waals surface area contributed by atoms with E-state index in [4.69, 9.17) is 9.15 Å². The number of carbonyl (C=O) groups is 2. The Bertz CT molecular complexity index is 1420. The maximum Gasteiger partial charge on any atom is 0.291 e. The van der Waals surface area contributed by atoms with Crippen molar-refractivity contribution in [2.45, 2.75) is 52.7 Å². The lowest BCUT2D eigenvalue weighted by atomic mass is 9.83. The van der Waals surface area contributed by atoms with Crippen molar-refractivity contribution in [1.29, 1.82) is 0 Å². The molecule has 1 atom stereocenters. The molecule has 7 nitrogen and oxygen atoms in total. The summed E-state index contributed by atoms with van der Waals surface area (Å²) < 4.78 is 11.8. The molecule has 0 aliphatic carbocycles. The van der Waals surface area contributed by atoms with Gasteiger partial charge in [-0.1, -0.05) is 18.2 Å². The summed E-state index contributed by atoms with van der Waals surface area (Å²) in [7, 11) is 0. The number of benzene rings is 2. The average molecular weight is 475 g/mol. The van der Waals surface area contributed by atoms with Gasteiger partial charge < -0.3 is 19.0 Å². The molecule has 35 heavy (non-hydrogen) atoms. The minimum atomic E-state index is -1.55. The molecule has 0 bridgehead atoms. The largest absolute Gasteiger partial charge is 0.450 e. The van der Waals surface area contributed by atoms with Gasteiger partial charge in [-0.3, -0.25) is 14.4 Å². The topological polar surface area (TPSA) is 80.1 Å². The number of amides is 2. The van der Waals surface area contributed by atoms with Crippen molar-refractivity contribution in [3.8, 4) is 0 Å². The van der Waals surface area contributed by atoms with E-state index in [1.807, 2.05) is 58.9 Å². The Morgan fingerprint density at radius 1 is 1.06 bits per heavy atom. The van der Waals surface area contributed by atoms with E-state index in [0.29, 0.717) is 41.8 Å². The van der Waals surface area contributed by atoms with Gasteiger partial charge in [-0.15, -0.1) is 0 Å². The van der Waals surface area contributed by atoms with E-state index in [9.17, 15) is 14.4 Å². The molecular weight excluding hydrogens is 444 g/mol. The number of para-hydroxylation sites is 1. The molecule has 3 aromatic rings. The Morgan fingerprint density at radius 2 is 1.77 bits per heavy atom. The Kier molecular flexibility index (Phi) is 5.55. The van der Waals surface area contributed by atoms with Gasteiger partial charge in [-0.05, 0) is 70.4 Å². The number of anilines is 1. The second kappa shape index (κ2) is 8.34. The Labute approximate surface area is 204 Å². The lowest BCUT2D eigenvalue weighted by Crippen LogP contribution is -2.53. The van der Waals surface area contributed by atoms with Gasteiger partial charge in [-0.2, -0.15) is 0 Å². The molecule has 2 aliphatic heterocycles. The van der Waals surface area contributed by atoms with Crippen LogP contribution in [0, 0.1) is 13.8 Å². The fourth-order valence-corrected chi connectivity index (χ4v) is 5.40. The van der Waals surface area contributed by atoms with Crippen molar-refractivity contribution in [1.82, 2.24) is 4.90 Å². The molecule has 1 unspecified atom stereocenters. The fraction of sp³-hybridized carbons (Fsp3) is 0.393. The van der Waals surface area contributed by atoms with Gasteiger partial charge in [0.25, 0.3) is 11.8 Å². The van der Waals surface area contributed by atoms with Crippen LogP contribution >= 0.6 is 0 Å². The number of nitrogens with zero attached hydrogens (tertiary/aromatic N) is 2. The van der Waals surface area contributed by atoms with E-state index in [0.717, 1.165) is 11.1 Å². The lowest BCUT2D eigenvalue weighted by molar-refractivity contribution is -0.126. The summed E-state index contributed by atoms with van der Waals surface area (Å²) in [5.74, 6) is -0.784. The minimum Gasteiger partial charge on any atom is -0.450 e. The molecular formula is C28H30N2O5. The Hall–Kier alpha value is -3.45. The maximum atomic E-state index is 14.2. The number of hydrogen-bond acceptors (Lipinski definition) is 5. The molecule has 0 fully saturated rings. The van der Waals surface area contributed by atoms with Crippen LogP contribution in [-0.2, 0) is 15.1 Å². The van der Waals surface area contributed by atoms with Crippen molar-refractivity contribution in [3.05, 3.63) is 74.6 Å². The molecule has 2 aromatic carbocycles. The van der Waals surface area contributed by atoms with Crippen LogP contribution in [0.15, 0.2) is 45.6 Å². The molecule has 2 aliphatic rings. The molecule has 0 N–H and O–H groups in total. The summed E-state index contributed by atoms with van der Waals surface area (Å²) in [6.07, 6.45) is 0.576. The third-order valence-electron chi connectivity index (χ3n) is 7.15. The zero-order valence-electron chi connectivity index (χ0n) is 20.8. The molecule has 1 spiro atoms. The maximum absolute atomic E-state index is 14.2. The first-order valence-corrected chi connectivity index (χ1v) is 12.2. The highest BCUT2D eigenvalue weighted by Gasteiger charge is 2.64. The summed E-state index contributed by atoms with van der Waals surface area (Å²) in [5, 5.41) is 0.379. The second-order valence-corrected chi connectivity index (χ2v) is 9.57. The third-order valence-corrected chi connectivity index (χ3v) is 7.15. The first-order valence-electron chi connectivity index (χ1n) is 12.2. The standard InChI is InChI=1S/C28H30N2O5/c1-6-29-21-11-8-7-10-20(21)28(27(29)33)23-24(31)19-14-17(4)18(5)15-22(19)35-25(23)26(32)30(28)12-9-13-34-16(2)3/h7-8,10-11,14-16H,6,9,12-13H2,1-5H3. The van der Waals surface area contributed by atoms with E-state index < -0.39 is 11.4 Å². The second-order valence-electron chi connectivity index (χ2n) is 9.57. The highest BCUT2D eigenvalue weighted by molar-refractivity contribution is 6.17. The predicted molar refractivity (Wildman–Crippen MR) is 134 cm³/mol. The van der Waals surface area contributed by atoms with Crippen LogP contribution in [0.5, 0.6) is 0 Å². The number of carbonyl (C=O) groups excluding carboxylic acids is 2. The number of fused-ring (bicyclic) bond motifs is 5. The molecule has 0 radical (unpaired) electrons. The molecule has 2 amide bonds. The molecule has 182 valence electrons. The zero-order valence-corrected chi connectivity index (χ0v) is 20.8. The van der Waals surface area contributed by atoms with Crippen molar-refractivity contribution in [2.75, 3.05) is 24.6 Å². The van der Waals surface area contributed by atoms with Gasteiger partial charge in [-0.25, -0.2) is 0 Å². The fourth-order valence-electron chi connectivity index (χ4n) is 5.40. The van der Waals surface area contributed by atoms with Gasteiger partial charge in [0.2, 0.25) is 5.76 Å². The van der Waals surface area contributed by atoms with E-state index in [1.54, 1.807) is 17.0 Å². The van der Waals surface area contributed by atoms with Crippen molar-refractivity contribution < 1.29 is 18.7 Å². The summed E-state index contributed by atoms with van der Waals surface area (Å²) in [6, 6.07) is 11.0. The molecule has 3 heterocycles. The summed E-state index contributed by atoms with van der Waals surface area (Å²) in [5.41, 5.74) is 1.85. The summed E-state index contributed by atoms with van der Waals surface area (Å²) in [6.45, 7) is 10.8. The third kappa shape index (κ3) is 3.18. The van der Waals surface area contributed by atoms with Crippen LogP contribution in [0.2, 0.25) is 0 Å². The van der Waals surface area contributed by atoms with Crippen molar-refractivity contribution >= 4 is 28.5 Å². The number of rotatable bonds is 6. The lowest BCUT2D eigenvalue weighted by Gasteiger charge is -2.34. The smallest absolute Gasteiger partial charge is 0.291 e. The van der Waals surface area contributed by atoms with Crippen molar-refractivity contribution in [2.24, 2.45) is 0 Å². The molecule has 0 saturated carbocycles. The molecule has 1 aromatic heterocycles. The van der Waals surface area contributed by atoms with E-state index >= 15 is 0 Å². The SMILES string of the molecule is CCN1C(=O)C2(c3ccccc31)c1c(oc3cc(C)c(C)cc3c1=O)C(=O)N2CCCOC(C)C. The van der Waals surface area contributed by atoms with Crippen LogP contribution in [0.1, 0.15) is 60.0 Å². The predicted octanol–water partition coefficient (Wildman–Crippen LogP) is 4.29. The minimum absolute atomic E-state index is 0.0448. The van der Waals surface area contributed by atoms with Crippen LogP contribution in [0.25, 0.3) is 11.0 Å². The molecule has 0 saturated heterocycles. The van der Waals surface area contributed by atoms with Crippen LogP contribution in [0.4, 0.5) is 5.69 Å². The Morgan fingerprint density at radius 3 is 2.49 bits per heavy atom. The van der Waals surface area contributed by atoms with E-state index in [-0.39, 0.29) is 35.3 Å². The number of aryl methyl sites for hydroxylation is 2. The van der Waals surface area contributed by atoms with Gasteiger partial charge in [0.15, 0.2) is 11.0 Å². The summed E-state index contributed by atoms with van der Waals surface area (Å²) in [4.78, 5) is 45.3. The van der Waals surface area contributed by atoms with Gasteiger partial charge in [0.05, 0.1) is 22.7 Å². The van der Waals surface area contributed by atoms with Crippen LogP contribution in [0.3, 0.4) is 0 Å². The van der Waals surface area contributed by atoms with E-state index in [2.05, 4.69) is 0 Å². The quantitative estimate of drug-likeness (QED) is 0.498. The van der Waals surface area contributed by atoms with Gasteiger partial charge in [0.1, 0.15) is 5.58 Å². The first kappa shape index (κ1) is 23.3. The van der Waals surface area contributed by atoms with Gasteiger partial charge >= 0.3 is 0 Å². The van der Waals surface area contributed by atoms with Crippen molar-refractivity contribution in [3.63, 3.8) is 0 Å². The number of hydrogen-bond donors (Lipinski definition) is 0. The summed E-state index contributed by atoms with van der Waals surface area (Å²) >= 11 is 0. The highest BCUT2D eigenvalue weighted by Crippen LogP contribution is 2.52. The zero-order chi connectivity index (χ0) is 25.1. The highest BCUT2D eigenvalue weighted by atomic mass is 16.5. The van der Waals surface area contributed by atoms with Crippen LogP contribution in [-0.4, -0.2) is 42.5 Å². The first-order chi connectivity index (χ1) is 16.7. The number of likely N-dealkylation sites (N-methyl/N-ethyl adjacent to an activating group) is 1. The van der Waals surface area contributed by atoms with Crippen LogP contribution < -0.4 is 10.3 Å². The van der Waals surface area contributed by atoms with E-state index in [1.165, 1.54) is 4.90 Å². The molecule has 7 heteroatoms. The molecule has 5 rings (SSSR count). The number of ether oxygens (including phenoxy) is 1. The monoisotopic (exact) mass is 474 g/mol. The Balaban J connectivity index is 1.79. The van der Waals surface area contributed by atoms with Gasteiger partial charge in [0, 0.05) is 25.3 Å². The normalized spacial score (nSPS) is 18.9. The average Bonchev–Trinajstić information content (AvgIpc) is 3.22.